The number of rotatable bonds is 8. The van der Waals surface area contributed by atoms with Gasteiger partial charge >= 0.3 is 5.97 Å². The van der Waals surface area contributed by atoms with E-state index in [9.17, 15) is 4.79 Å². The summed E-state index contributed by atoms with van der Waals surface area (Å²) in [6.45, 7) is 6.66. The number of anilines is 1. The summed E-state index contributed by atoms with van der Waals surface area (Å²) in [6.07, 6.45) is 5.03. The van der Waals surface area contributed by atoms with E-state index in [1.165, 1.54) is 12.0 Å². The number of aryl methyl sites for hydroxylation is 1. The van der Waals surface area contributed by atoms with Crippen LogP contribution in [0.15, 0.2) is 52.1 Å². The summed E-state index contributed by atoms with van der Waals surface area (Å²) in [5, 5.41) is 15.3. The van der Waals surface area contributed by atoms with Gasteiger partial charge in [0.2, 0.25) is 5.95 Å². The first-order chi connectivity index (χ1) is 18.4. The van der Waals surface area contributed by atoms with E-state index in [0.29, 0.717) is 46.4 Å². The van der Waals surface area contributed by atoms with Gasteiger partial charge in [0.1, 0.15) is 18.8 Å². The molecule has 9 nitrogen and oxygen atoms in total. The maximum Gasteiger partial charge on any atom is 0.338 e. The smallest absolute Gasteiger partial charge is 0.338 e. The molecule has 3 aromatic rings. The highest BCUT2D eigenvalue weighted by Crippen LogP contribution is 2.43. The third-order valence-electron chi connectivity index (χ3n) is 6.91. The monoisotopic (exact) mass is 581 g/mol. The van der Waals surface area contributed by atoms with Crippen LogP contribution in [0.3, 0.4) is 0 Å². The Morgan fingerprint density at radius 3 is 2.61 bits per heavy atom. The number of hydrogen-bond donors (Lipinski definition) is 1. The molecule has 1 fully saturated rings. The minimum Gasteiger partial charge on any atom is -0.490 e. The van der Waals surface area contributed by atoms with Gasteiger partial charge in [0, 0.05) is 5.70 Å². The van der Waals surface area contributed by atoms with Gasteiger partial charge in [-0.25, -0.2) is 4.79 Å². The summed E-state index contributed by atoms with van der Waals surface area (Å²) in [7, 11) is 0. The van der Waals surface area contributed by atoms with Gasteiger partial charge < -0.3 is 19.5 Å². The SMILES string of the molecule is CCOc1cc(C2C(C(=O)OC3CCCCC3)=C(C)Nc3nnnn32)cc(Br)c1OCc1ccc(C)cc1. The van der Waals surface area contributed by atoms with Crippen molar-refractivity contribution in [3.8, 4) is 11.5 Å². The second-order valence-corrected chi connectivity index (χ2v) is 10.6. The Labute approximate surface area is 230 Å². The van der Waals surface area contributed by atoms with E-state index >= 15 is 0 Å². The second kappa shape index (κ2) is 11.6. The third kappa shape index (κ3) is 5.55. The molecule has 2 aliphatic rings. The van der Waals surface area contributed by atoms with Crippen molar-refractivity contribution in [2.45, 2.75) is 71.6 Å². The molecule has 2 aromatic carbocycles. The Morgan fingerprint density at radius 2 is 1.87 bits per heavy atom. The first-order valence-electron chi connectivity index (χ1n) is 13.1. The lowest BCUT2D eigenvalue weighted by Crippen LogP contribution is -2.32. The van der Waals surface area contributed by atoms with Gasteiger partial charge in [-0.15, -0.1) is 0 Å². The molecule has 38 heavy (non-hydrogen) atoms. The number of fused-ring (bicyclic) bond motifs is 1. The molecule has 10 heteroatoms. The number of nitrogens with zero attached hydrogens (tertiary/aromatic N) is 4. The number of benzene rings is 2. The molecular weight excluding hydrogens is 550 g/mol. The molecular formula is C28H32BrN5O4. The van der Waals surface area contributed by atoms with Gasteiger partial charge in [0.25, 0.3) is 0 Å². The zero-order valence-electron chi connectivity index (χ0n) is 21.9. The van der Waals surface area contributed by atoms with Gasteiger partial charge in [-0.05, 0) is 96.1 Å². The van der Waals surface area contributed by atoms with Crippen LogP contribution in [-0.4, -0.2) is 38.9 Å². The van der Waals surface area contributed by atoms with Crippen LogP contribution in [0.25, 0.3) is 0 Å². The minimum absolute atomic E-state index is 0.0734. The van der Waals surface area contributed by atoms with Gasteiger partial charge in [0.05, 0.1) is 16.7 Å². The largest absolute Gasteiger partial charge is 0.490 e. The first-order valence-corrected chi connectivity index (χ1v) is 13.8. The van der Waals surface area contributed by atoms with Crippen molar-refractivity contribution >= 4 is 27.8 Å². The standard InChI is InChI=1S/C28H32BrN5O4/c1-4-36-23-15-20(14-22(29)26(23)37-16-19-12-10-17(2)11-13-19)25-24(18(3)30-28-31-32-33-34(25)28)27(35)38-21-8-6-5-7-9-21/h10-15,21,25H,4-9,16H2,1-3H3,(H,30,31,33). The van der Waals surface area contributed by atoms with Gasteiger partial charge in [-0.1, -0.05) is 41.3 Å². The van der Waals surface area contributed by atoms with Crippen LogP contribution in [0.1, 0.15) is 68.7 Å². The summed E-state index contributed by atoms with van der Waals surface area (Å²) in [4.78, 5) is 13.6. The number of tetrazole rings is 1. The molecule has 0 saturated heterocycles. The van der Waals surface area contributed by atoms with Crippen LogP contribution in [0, 0.1) is 6.92 Å². The van der Waals surface area contributed by atoms with Crippen molar-refractivity contribution in [1.29, 1.82) is 0 Å². The Bertz CT molecular complexity index is 1330. The molecule has 2 heterocycles. The fourth-order valence-electron chi connectivity index (χ4n) is 4.97. The third-order valence-corrected chi connectivity index (χ3v) is 7.50. The van der Waals surface area contributed by atoms with Crippen LogP contribution in [0.4, 0.5) is 5.95 Å². The lowest BCUT2D eigenvalue weighted by molar-refractivity contribution is -0.146. The van der Waals surface area contributed by atoms with Crippen LogP contribution in [0.5, 0.6) is 11.5 Å². The normalized spacial score (nSPS) is 17.5. The van der Waals surface area contributed by atoms with E-state index in [4.69, 9.17) is 14.2 Å². The van der Waals surface area contributed by atoms with Crippen molar-refractivity contribution in [3.63, 3.8) is 0 Å². The fraction of sp³-hybridized carbons (Fsp3) is 0.429. The summed E-state index contributed by atoms with van der Waals surface area (Å²) in [5.74, 6) is 1.25. The fourth-order valence-corrected chi connectivity index (χ4v) is 5.55. The lowest BCUT2D eigenvalue weighted by Gasteiger charge is -2.30. The molecule has 0 bridgehead atoms. The second-order valence-electron chi connectivity index (χ2n) is 9.72. The highest BCUT2D eigenvalue weighted by molar-refractivity contribution is 9.10. The quantitative estimate of drug-likeness (QED) is 0.329. The average Bonchev–Trinajstić information content (AvgIpc) is 3.37. The number of hydrogen-bond acceptors (Lipinski definition) is 8. The highest BCUT2D eigenvalue weighted by Gasteiger charge is 2.37. The number of esters is 1. The number of nitrogens with one attached hydrogen (secondary N) is 1. The Kier molecular flexibility index (Phi) is 7.97. The predicted molar refractivity (Wildman–Crippen MR) is 146 cm³/mol. The summed E-state index contributed by atoms with van der Waals surface area (Å²) in [5.41, 5.74) is 4.15. The number of carbonyl (C=O) groups is 1. The van der Waals surface area contributed by atoms with Gasteiger partial charge in [-0.3, -0.25) is 0 Å². The first kappa shape index (κ1) is 26.2. The molecule has 0 radical (unpaired) electrons. The summed E-state index contributed by atoms with van der Waals surface area (Å²) in [6, 6.07) is 11.4. The molecule has 1 atom stereocenters. The van der Waals surface area contributed by atoms with Crippen molar-refractivity contribution in [2.75, 3.05) is 11.9 Å². The Hall–Kier alpha value is -3.40. The number of carbonyl (C=O) groups excluding carboxylic acids is 1. The molecule has 1 N–H and O–H groups in total. The molecule has 200 valence electrons. The lowest BCUT2D eigenvalue weighted by atomic mass is 9.94. The molecule has 1 saturated carbocycles. The number of halogens is 1. The van der Waals surface area contributed by atoms with E-state index in [1.54, 1.807) is 4.68 Å². The molecule has 1 unspecified atom stereocenters. The molecule has 1 aromatic heterocycles. The number of aromatic nitrogens is 4. The van der Waals surface area contributed by atoms with Crippen molar-refractivity contribution in [2.24, 2.45) is 0 Å². The van der Waals surface area contributed by atoms with Gasteiger partial charge in [0.15, 0.2) is 11.5 Å². The number of allylic oxidation sites excluding steroid dienone is 1. The molecule has 0 amide bonds. The van der Waals surface area contributed by atoms with Crippen LogP contribution in [-0.2, 0) is 16.1 Å². The zero-order valence-corrected chi connectivity index (χ0v) is 23.5. The zero-order chi connectivity index (χ0) is 26.6. The van der Waals surface area contributed by atoms with Crippen LogP contribution < -0.4 is 14.8 Å². The van der Waals surface area contributed by atoms with Crippen LogP contribution >= 0.6 is 15.9 Å². The van der Waals surface area contributed by atoms with Crippen molar-refractivity contribution in [1.82, 2.24) is 20.2 Å². The summed E-state index contributed by atoms with van der Waals surface area (Å²) >= 11 is 3.69. The van der Waals surface area contributed by atoms with E-state index in [-0.39, 0.29) is 12.1 Å². The molecule has 1 aliphatic carbocycles. The van der Waals surface area contributed by atoms with Crippen LogP contribution in [0.2, 0.25) is 0 Å². The number of ether oxygens (including phenoxy) is 3. The van der Waals surface area contributed by atoms with E-state index < -0.39 is 6.04 Å². The Balaban J connectivity index is 1.49. The van der Waals surface area contributed by atoms with E-state index in [0.717, 1.165) is 36.8 Å². The van der Waals surface area contributed by atoms with Gasteiger partial charge in [-0.2, -0.15) is 4.68 Å². The predicted octanol–water partition coefficient (Wildman–Crippen LogP) is 5.89. The minimum atomic E-state index is -0.598. The average molecular weight is 582 g/mol. The maximum atomic E-state index is 13.6. The van der Waals surface area contributed by atoms with Crippen molar-refractivity contribution in [3.05, 3.63) is 68.8 Å². The molecule has 0 spiro atoms. The topological polar surface area (TPSA) is 100 Å². The maximum absolute atomic E-state index is 13.6. The molecule has 1 aliphatic heterocycles. The molecule has 5 rings (SSSR count). The van der Waals surface area contributed by atoms with E-state index in [1.807, 2.05) is 38.1 Å². The van der Waals surface area contributed by atoms with Crippen molar-refractivity contribution < 1.29 is 19.0 Å². The van der Waals surface area contributed by atoms with E-state index in [2.05, 4.69) is 55.8 Å². The summed E-state index contributed by atoms with van der Waals surface area (Å²) < 4.78 is 20.5. The highest BCUT2D eigenvalue weighted by atomic mass is 79.9. The Morgan fingerprint density at radius 1 is 1.11 bits per heavy atom.